The van der Waals surface area contributed by atoms with Crippen LogP contribution in [0.5, 0.6) is 0 Å². The molecule has 0 aliphatic rings. The lowest BCUT2D eigenvalue weighted by molar-refractivity contribution is -0.124. The van der Waals surface area contributed by atoms with Crippen molar-refractivity contribution in [3.8, 4) is 0 Å². The van der Waals surface area contributed by atoms with Crippen molar-refractivity contribution in [3.05, 3.63) is 40.9 Å². The van der Waals surface area contributed by atoms with Crippen LogP contribution in [0.3, 0.4) is 0 Å². The smallest absolute Gasteiger partial charge is 0.315 e. The van der Waals surface area contributed by atoms with E-state index in [0.29, 0.717) is 18.0 Å². The highest BCUT2D eigenvalue weighted by atomic mass is 32.1. The standard InChI is InChI=1S/C29H46N6O3S/c1-9-19(6)24(16-31-27(36)20(7)17-35(10-2)11-3)33-28(37)23(34-29(38)30-8)15-26-32-22-13-12-21(18(4)5)14-25(22)39-26/h12-14,18-19,23-24H,7,9-11,15-17H2,1-6,8H3,(H,31,36)(H,33,37)(H2,30,34,38)/t19-,23-,24+/m0/s1. The first-order valence-corrected chi connectivity index (χ1v) is 14.7. The van der Waals surface area contributed by atoms with Crippen LogP contribution in [-0.4, -0.2) is 73.0 Å². The average molecular weight is 559 g/mol. The number of nitrogens with zero attached hydrogens (tertiary/aromatic N) is 2. The van der Waals surface area contributed by atoms with Crippen molar-refractivity contribution in [2.45, 2.75) is 72.4 Å². The molecule has 1 aromatic heterocycles. The predicted molar refractivity (Wildman–Crippen MR) is 160 cm³/mol. The number of hydrogen-bond donors (Lipinski definition) is 4. The van der Waals surface area contributed by atoms with Gasteiger partial charge in [0.25, 0.3) is 0 Å². The lowest BCUT2D eigenvalue weighted by Gasteiger charge is -2.27. The van der Waals surface area contributed by atoms with Gasteiger partial charge in [0, 0.05) is 38.2 Å². The Hall–Kier alpha value is -2.98. The molecule has 0 fully saturated rings. The van der Waals surface area contributed by atoms with Crippen LogP contribution in [0.15, 0.2) is 30.4 Å². The Kier molecular flexibility index (Phi) is 12.9. The molecule has 0 saturated heterocycles. The van der Waals surface area contributed by atoms with Crippen molar-refractivity contribution in [1.29, 1.82) is 0 Å². The van der Waals surface area contributed by atoms with Crippen molar-refractivity contribution in [2.75, 3.05) is 33.2 Å². The molecule has 3 atom stereocenters. The highest BCUT2D eigenvalue weighted by Crippen LogP contribution is 2.27. The van der Waals surface area contributed by atoms with Crippen molar-refractivity contribution < 1.29 is 14.4 Å². The Morgan fingerprint density at radius 2 is 1.77 bits per heavy atom. The molecular formula is C29H46N6O3S. The van der Waals surface area contributed by atoms with Gasteiger partial charge in [0.2, 0.25) is 11.8 Å². The largest absolute Gasteiger partial charge is 0.350 e. The van der Waals surface area contributed by atoms with E-state index in [9.17, 15) is 14.4 Å². The molecule has 10 heteroatoms. The van der Waals surface area contributed by atoms with Crippen LogP contribution in [0, 0.1) is 5.92 Å². The zero-order valence-corrected chi connectivity index (χ0v) is 25.3. The van der Waals surface area contributed by atoms with E-state index in [2.05, 4.69) is 58.7 Å². The molecule has 0 radical (unpaired) electrons. The molecule has 0 spiro atoms. The molecule has 1 heterocycles. The van der Waals surface area contributed by atoms with Gasteiger partial charge in [-0.2, -0.15) is 0 Å². The summed E-state index contributed by atoms with van der Waals surface area (Å²) in [6, 6.07) is 4.63. The lowest BCUT2D eigenvalue weighted by atomic mass is 9.98. The van der Waals surface area contributed by atoms with Gasteiger partial charge in [-0.25, -0.2) is 9.78 Å². The molecule has 39 heavy (non-hydrogen) atoms. The van der Waals surface area contributed by atoms with Crippen LogP contribution in [0.25, 0.3) is 10.2 Å². The summed E-state index contributed by atoms with van der Waals surface area (Å²) in [5, 5.41) is 12.1. The first-order valence-electron chi connectivity index (χ1n) is 13.9. The molecule has 2 aromatic rings. The third-order valence-electron chi connectivity index (χ3n) is 7.12. The third kappa shape index (κ3) is 9.61. The second-order valence-electron chi connectivity index (χ2n) is 10.2. The van der Waals surface area contributed by atoms with Gasteiger partial charge < -0.3 is 21.3 Å². The number of benzene rings is 1. The summed E-state index contributed by atoms with van der Waals surface area (Å²) in [5.41, 5.74) is 2.60. The molecule has 216 valence electrons. The van der Waals surface area contributed by atoms with Gasteiger partial charge >= 0.3 is 6.03 Å². The van der Waals surface area contributed by atoms with Crippen LogP contribution in [0.4, 0.5) is 4.79 Å². The Morgan fingerprint density at radius 3 is 2.36 bits per heavy atom. The fraction of sp³-hybridized carbons (Fsp3) is 0.586. The Morgan fingerprint density at radius 1 is 1.08 bits per heavy atom. The number of urea groups is 1. The number of rotatable bonds is 15. The van der Waals surface area contributed by atoms with Crippen LogP contribution >= 0.6 is 11.3 Å². The summed E-state index contributed by atoms with van der Waals surface area (Å²) in [6.07, 6.45) is 1.07. The monoisotopic (exact) mass is 558 g/mol. The molecule has 4 N–H and O–H groups in total. The second kappa shape index (κ2) is 15.6. The molecule has 0 bridgehead atoms. The maximum Gasteiger partial charge on any atom is 0.315 e. The summed E-state index contributed by atoms with van der Waals surface area (Å²) in [5.74, 6) is -0.0365. The normalized spacial score (nSPS) is 13.7. The molecule has 1 aromatic carbocycles. The maximum atomic E-state index is 13.5. The van der Waals surface area contributed by atoms with E-state index >= 15 is 0 Å². The highest BCUT2D eigenvalue weighted by molar-refractivity contribution is 7.18. The zero-order chi connectivity index (χ0) is 29.1. The molecule has 0 unspecified atom stereocenters. The SMILES string of the molecule is C=C(CN(CC)CC)C(=O)NC[C@@H](NC(=O)[C@H](Cc1nc2ccc(C(C)C)cc2s1)NC(=O)NC)[C@@H](C)CC. The van der Waals surface area contributed by atoms with E-state index < -0.39 is 12.1 Å². The molecule has 0 aliphatic carbocycles. The Labute approximate surface area is 237 Å². The molecule has 2 rings (SSSR count). The molecule has 0 aliphatic heterocycles. The van der Waals surface area contributed by atoms with Crippen LogP contribution in [-0.2, 0) is 16.0 Å². The van der Waals surface area contributed by atoms with E-state index in [1.165, 1.54) is 23.9 Å². The minimum atomic E-state index is -0.824. The third-order valence-corrected chi connectivity index (χ3v) is 8.16. The first kappa shape index (κ1) is 32.2. The van der Waals surface area contributed by atoms with E-state index in [1.54, 1.807) is 0 Å². The van der Waals surface area contributed by atoms with Gasteiger partial charge in [-0.05, 0) is 42.6 Å². The summed E-state index contributed by atoms with van der Waals surface area (Å²) >= 11 is 1.53. The fourth-order valence-electron chi connectivity index (χ4n) is 4.13. The first-order chi connectivity index (χ1) is 18.5. The van der Waals surface area contributed by atoms with E-state index in [0.717, 1.165) is 34.7 Å². The highest BCUT2D eigenvalue weighted by Gasteiger charge is 2.27. The van der Waals surface area contributed by atoms with Crippen molar-refractivity contribution in [2.24, 2.45) is 5.92 Å². The molecular weight excluding hydrogens is 512 g/mol. The number of thiazole rings is 1. The van der Waals surface area contributed by atoms with E-state index in [4.69, 9.17) is 4.98 Å². The molecule has 4 amide bonds. The van der Waals surface area contributed by atoms with Gasteiger partial charge in [-0.3, -0.25) is 14.5 Å². The number of likely N-dealkylation sites (N-methyl/N-ethyl adjacent to an activating group) is 1. The van der Waals surface area contributed by atoms with Crippen LogP contribution < -0.4 is 21.3 Å². The van der Waals surface area contributed by atoms with Crippen LogP contribution in [0.1, 0.15) is 64.5 Å². The van der Waals surface area contributed by atoms with E-state index in [-0.39, 0.29) is 36.7 Å². The Balaban J connectivity index is 2.15. The average Bonchev–Trinajstić information content (AvgIpc) is 3.33. The Bertz CT molecular complexity index is 1130. The van der Waals surface area contributed by atoms with Crippen molar-refractivity contribution in [1.82, 2.24) is 31.2 Å². The van der Waals surface area contributed by atoms with Crippen LogP contribution in [0.2, 0.25) is 0 Å². The summed E-state index contributed by atoms with van der Waals surface area (Å²) in [7, 11) is 1.51. The van der Waals surface area contributed by atoms with Gasteiger partial charge in [-0.1, -0.05) is 60.6 Å². The summed E-state index contributed by atoms with van der Waals surface area (Å²) in [6.45, 7) is 18.8. The quantitative estimate of drug-likeness (QED) is 0.248. The number of carbonyl (C=O) groups is 3. The predicted octanol–water partition coefficient (Wildman–Crippen LogP) is 3.80. The van der Waals surface area contributed by atoms with Gasteiger partial charge in [0.15, 0.2) is 0 Å². The minimum absolute atomic E-state index is 0.0999. The fourth-order valence-corrected chi connectivity index (χ4v) is 5.19. The van der Waals surface area contributed by atoms with Gasteiger partial charge in [0.05, 0.1) is 15.2 Å². The minimum Gasteiger partial charge on any atom is -0.350 e. The van der Waals surface area contributed by atoms with Gasteiger partial charge in [-0.15, -0.1) is 11.3 Å². The number of amides is 4. The number of aromatic nitrogens is 1. The lowest BCUT2D eigenvalue weighted by Crippen LogP contribution is -2.55. The number of nitrogens with one attached hydrogen (secondary N) is 4. The van der Waals surface area contributed by atoms with E-state index in [1.807, 2.05) is 33.8 Å². The second-order valence-corrected chi connectivity index (χ2v) is 11.4. The number of hydrogen-bond acceptors (Lipinski definition) is 6. The maximum absolute atomic E-state index is 13.5. The van der Waals surface area contributed by atoms with Crippen molar-refractivity contribution in [3.63, 3.8) is 0 Å². The molecule has 9 nitrogen and oxygen atoms in total. The zero-order valence-electron chi connectivity index (χ0n) is 24.5. The summed E-state index contributed by atoms with van der Waals surface area (Å²) < 4.78 is 1.06. The number of fused-ring (bicyclic) bond motifs is 1. The summed E-state index contributed by atoms with van der Waals surface area (Å²) in [4.78, 5) is 45.2. The topological polar surface area (TPSA) is 115 Å². The number of carbonyl (C=O) groups excluding carboxylic acids is 3. The van der Waals surface area contributed by atoms with Gasteiger partial charge in [0.1, 0.15) is 6.04 Å². The van der Waals surface area contributed by atoms with Crippen molar-refractivity contribution >= 4 is 39.4 Å². The molecule has 0 saturated carbocycles.